The lowest BCUT2D eigenvalue weighted by atomic mass is 10.1. The minimum Gasteiger partial charge on any atom is -0.324 e. The molecule has 0 aliphatic carbocycles. The monoisotopic (exact) mass is 386 g/mol. The van der Waals surface area contributed by atoms with Crippen LogP contribution in [0.3, 0.4) is 0 Å². The van der Waals surface area contributed by atoms with Crippen molar-refractivity contribution in [3.63, 3.8) is 0 Å². The van der Waals surface area contributed by atoms with Crippen molar-refractivity contribution in [2.24, 2.45) is 7.05 Å². The van der Waals surface area contributed by atoms with Gasteiger partial charge >= 0.3 is 0 Å². The Hall–Kier alpha value is -2.31. The van der Waals surface area contributed by atoms with E-state index in [0.29, 0.717) is 15.9 Å². The number of carbonyl (C=O) groups excluding carboxylic acids is 1. The highest BCUT2D eigenvalue weighted by molar-refractivity contribution is 7.99. The lowest BCUT2D eigenvalue weighted by Crippen LogP contribution is -2.14. The van der Waals surface area contributed by atoms with Crippen molar-refractivity contribution in [1.82, 2.24) is 14.8 Å². The molecule has 3 rings (SSSR count). The van der Waals surface area contributed by atoms with Gasteiger partial charge in [0.1, 0.15) is 0 Å². The third-order valence-electron chi connectivity index (χ3n) is 3.95. The van der Waals surface area contributed by atoms with Gasteiger partial charge in [-0.25, -0.2) is 0 Å². The minimum absolute atomic E-state index is 0.138. The molecule has 1 heterocycles. The molecule has 0 aliphatic rings. The second kappa shape index (κ2) is 7.93. The molecule has 1 amide bonds. The number of aryl methyl sites for hydroxylation is 2. The van der Waals surface area contributed by atoms with E-state index in [1.165, 1.54) is 11.8 Å². The molecular weight excluding hydrogens is 368 g/mol. The fraction of sp³-hybridized carbons (Fsp3) is 0.211. The van der Waals surface area contributed by atoms with Crippen molar-refractivity contribution in [2.75, 3.05) is 11.1 Å². The van der Waals surface area contributed by atoms with Crippen LogP contribution in [0.25, 0.3) is 11.4 Å². The second-order valence-electron chi connectivity index (χ2n) is 6.00. The number of hydrogen-bond acceptors (Lipinski definition) is 4. The molecule has 0 atom stereocenters. The summed E-state index contributed by atoms with van der Waals surface area (Å²) in [7, 11) is 1.90. The fourth-order valence-electron chi connectivity index (χ4n) is 2.54. The van der Waals surface area contributed by atoms with Gasteiger partial charge in [0.2, 0.25) is 5.91 Å². The van der Waals surface area contributed by atoms with Gasteiger partial charge in [-0.2, -0.15) is 0 Å². The maximum atomic E-state index is 12.2. The van der Waals surface area contributed by atoms with E-state index >= 15 is 0 Å². The topological polar surface area (TPSA) is 59.8 Å². The summed E-state index contributed by atoms with van der Waals surface area (Å²) < 4.78 is 1.90. The van der Waals surface area contributed by atoms with Gasteiger partial charge in [-0.05, 0) is 37.1 Å². The number of hydrogen-bond donors (Lipinski definition) is 1. The van der Waals surface area contributed by atoms with Crippen LogP contribution in [-0.2, 0) is 11.8 Å². The first-order valence-corrected chi connectivity index (χ1v) is 9.46. The van der Waals surface area contributed by atoms with E-state index in [-0.39, 0.29) is 11.7 Å². The van der Waals surface area contributed by atoms with Crippen molar-refractivity contribution in [1.29, 1.82) is 0 Å². The van der Waals surface area contributed by atoms with Gasteiger partial charge in [-0.15, -0.1) is 10.2 Å². The number of aromatic nitrogens is 3. The average molecular weight is 387 g/mol. The summed E-state index contributed by atoms with van der Waals surface area (Å²) in [6.07, 6.45) is 0. The maximum absolute atomic E-state index is 12.2. The van der Waals surface area contributed by atoms with Crippen LogP contribution in [0, 0.1) is 13.8 Å². The number of rotatable bonds is 5. The molecule has 0 unspecified atom stereocenters. The van der Waals surface area contributed by atoms with Crippen molar-refractivity contribution in [3.05, 3.63) is 58.6 Å². The highest BCUT2D eigenvalue weighted by Gasteiger charge is 2.14. The third-order valence-corrected chi connectivity index (χ3v) is 5.28. The normalized spacial score (nSPS) is 10.8. The van der Waals surface area contributed by atoms with E-state index in [1.54, 1.807) is 6.07 Å². The van der Waals surface area contributed by atoms with Crippen molar-refractivity contribution in [3.8, 4) is 11.4 Å². The van der Waals surface area contributed by atoms with Crippen molar-refractivity contribution < 1.29 is 4.79 Å². The molecule has 3 aromatic rings. The molecule has 1 aromatic heterocycles. The number of nitrogens with zero attached hydrogens (tertiary/aromatic N) is 3. The van der Waals surface area contributed by atoms with E-state index < -0.39 is 0 Å². The van der Waals surface area contributed by atoms with Gasteiger partial charge in [0.05, 0.1) is 16.5 Å². The zero-order valence-electron chi connectivity index (χ0n) is 14.8. The molecule has 0 fully saturated rings. The van der Waals surface area contributed by atoms with Crippen LogP contribution in [0.1, 0.15) is 11.1 Å². The summed E-state index contributed by atoms with van der Waals surface area (Å²) in [5, 5.41) is 12.5. The number of anilines is 1. The standard InChI is InChI=1S/C19H19ClN4OS/c1-12-8-9-16(15(20)10-12)21-17(25)11-26-19-23-22-18(24(19)3)14-7-5-4-6-13(14)2/h4-10H,11H2,1-3H3,(H,21,25). The van der Waals surface area contributed by atoms with Crippen LogP contribution < -0.4 is 5.32 Å². The Labute approximate surface area is 161 Å². The Morgan fingerprint density at radius 2 is 1.96 bits per heavy atom. The molecule has 5 nitrogen and oxygen atoms in total. The summed E-state index contributed by atoms with van der Waals surface area (Å²) in [4.78, 5) is 12.2. The fourth-order valence-corrected chi connectivity index (χ4v) is 3.53. The maximum Gasteiger partial charge on any atom is 0.234 e. The summed E-state index contributed by atoms with van der Waals surface area (Å²) in [6.45, 7) is 3.99. The van der Waals surface area contributed by atoms with Gasteiger partial charge in [-0.1, -0.05) is 53.7 Å². The summed E-state index contributed by atoms with van der Waals surface area (Å²) in [5.41, 5.74) is 3.82. The first-order valence-electron chi connectivity index (χ1n) is 8.10. The lowest BCUT2D eigenvalue weighted by molar-refractivity contribution is -0.113. The molecule has 7 heteroatoms. The van der Waals surface area contributed by atoms with Gasteiger partial charge in [0, 0.05) is 12.6 Å². The van der Waals surface area contributed by atoms with Crippen LogP contribution >= 0.6 is 23.4 Å². The van der Waals surface area contributed by atoms with Gasteiger partial charge in [0.15, 0.2) is 11.0 Å². The van der Waals surface area contributed by atoms with Crippen molar-refractivity contribution in [2.45, 2.75) is 19.0 Å². The third kappa shape index (κ3) is 4.08. The van der Waals surface area contributed by atoms with E-state index in [0.717, 1.165) is 22.5 Å². The molecule has 1 N–H and O–H groups in total. The molecule has 0 spiro atoms. The molecule has 26 heavy (non-hydrogen) atoms. The number of amides is 1. The zero-order valence-corrected chi connectivity index (χ0v) is 16.4. The Morgan fingerprint density at radius 1 is 1.19 bits per heavy atom. The molecule has 0 saturated carbocycles. The number of thioether (sulfide) groups is 1. The van der Waals surface area contributed by atoms with E-state index in [4.69, 9.17) is 11.6 Å². The van der Waals surface area contributed by atoms with Crippen LogP contribution in [0.15, 0.2) is 47.6 Å². The molecular formula is C19H19ClN4OS. The molecule has 0 bridgehead atoms. The van der Waals surface area contributed by atoms with Crippen molar-refractivity contribution >= 4 is 35.0 Å². The largest absolute Gasteiger partial charge is 0.324 e. The predicted octanol–water partition coefficient (Wildman–Crippen LogP) is 4.48. The molecule has 0 saturated heterocycles. The Kier molecular flexibility index (Phi) is 5.64. The summed E-state index contributed by atoms with van der Waals surface area (Å²) in [6, 6.07) is 13.6. The lowest BCUT2D eigenvalue weighted by Gasteiger charge is -2.08. The molecule has 2 aromatic carbocycles. The Balaban J connectivity index is 1.67. The SMILES string of the molecule is Cc1ccc(NC(=O)CSc2nnc(-c3ccccc3C)n2C)c(Cl)c1. The van der Waals surface area contributed by atoms with E-state index in [2.05, 4.69) is 15.5 Å². The molecule has 0 aliphatic heterocycles. The minimum atomic E-state index is -0.138. The van der Waals surface area contributed by atoms with Crippen LogP contribution in [0.5, 0.6) is 0 Å². The summed E-state index contributed by atoms with van der Waals surface area (Å²) >= 11 is 7.49. The summed E-state index contributed by atoms with van der Waals surface area (Å²) in [5.74, 6) is 0.873. The van der Waals surface area contributed by atoms with Crippen LogP contribution in [-0.4, -0.2) is 26.4 Å². The van der Waals surface area contributed by atoms with Crippen LogP contribution in [0.4, 0.5) is 5.69 Å². The molecule has 134 valence electrons. The quantitative estimate of drug-likeness (QED) is 0.656. The predicted molar refractivity (Wildman–Crippen MR) is 107 cm³/mol. The molecule has 0 radical (unpaired) electrons. The number of halogens is 1. The number of benzene rings is 2. The smallest absolute Gasteiger partial charge is 0.234 e. The van der Waals surface area contributed by atoms with Gasteiger partial charge < -0.3 is 9.88 Å². The van der Waals surface area contributed by atoms with E-state index in [9.17, 15) is 4.79 Å². The first kappa shape index (κ1) is 18.5. The second-order valence-corrected chi connectivity index (χ2v) is 7.35. The van der Waals surface area contributed by atoms with Gasteiger partial charge in [0.25, 0.3) is 0 Å². The number of nitrogens with one attached hydrogen (secondary N) is 1. The number of carbonyl (C=O) groups is 1. The first-order chi connectivity index (χ1) is 12.5. The van der Waals surface area contributed by atoms with E-state index in [1.807, 2.05) is 61.9 Å². The van der Waals surface area contributed by atoms with Crippen LogP contribution in [0.2, 0.25) is 5.02 Å². The average Bonchev–Trinajstić information content (AvgIpc) is 2.97. The highest BCUT2D eigenvalue weighted by Crippen LogP contribution is 2.26. The Morgan fingerprint density at radius 3 is 2.69 bits per heavy atom. The highest BCUT2D eigenvalue weighted by atomic mass is 35.5. The Bertz CT molecular complexity index is 954. The van der Waals surface area contributed by atoms with Gasteiger partial charge in [-0.3, -0.25) is 4.79 Å². The zero-order chi connectivity index (χ0) is 18.7.